The number of aromatic nitrogens is 6. The normalized spacial score (nSPS) is 11.8. The van der Waals surface area contributed by atoms with Crippen molar-refractivity contribution in [2.45, 2.75) is 39.8 Å². The molecule has 2 rings (SSSR count). The van der Waals surface area contributed by atoms with Crippen LogP contribution in [-0.2, 0) is 12.1 Å². The molecule has 2 aromatic rings. The van der Waals surface area contributed by atoms with Crippen LogP contribution in [0.4, 0.5) is 0 Å². The van der Waals surface area contributed by atoms with Gasteiger partial charge in [0.25, 0.3) is 5.56 Å². The van der Waals surface area contributed by atoms with E-state index in [1.807, 2.05) is 27.7 Å². The highest BCUT2D eigenvalue weighted by molar-refractivity contribution is 4.98. The molecule has 2 heterocycles. The minimum absolute atomic E-state index is 0.173. The van der Waals surface area contributed by atoms with Crippen molar-refractivity contribution in [2.24, 2.45) is 0 Å². The van der Waals surface area contributed by atoms with E-state index in [-0.39, 0.29) is 17.6 Å². The van der Waals surface area contributed by atoms with Gasteiger partial charge in [-0.1, -0.05) is 0 Å². The van der Waals surface area contributed by atoms with Gasteiger partial charge < -0.3 is 0 Å². The van der Waals surface area contributed by atoms with Crippen molar-refractivity contribution in [3.05, 3.63) is 34.0 Å². The molecule has 2 aromatic heterocycles. The van der Waals surface area contributed by atoms with Crippen LogP contribution in [-0.4, -0.2) is 30.0 Å². The van der Waals surface area contributed by atoms with E-state index in [9.17, 15) is 4.79 Å². The number of tetrazole rings is 1. The molecule has 0 aromatic carbocycles. The fourth-order valence-electron chi connectivity index (χ4n) is 1.39. The lowest BCUT2D eigenvalue weighted by Gasteiger charge is -2.15. The topological polar surface area (TPSA) is 78.5 Å². The van der Waals surface area contributed by atoms with Crippen LogP contribution in [0.3, 0.4) is 0 Å². The molecule has 7 heteroatoms. The molecule has 0 bridgehead atoms. The van der Waals surface area contributed by atoms with Crippen LogP contribution < -0.4 is 5.56 Å². The summed E-state index contributed by atoms with van der Waals surface area (Å²) in [7, 11) is 0. The van der Waals surface area contributed by atoms with Gasteiger partial charge in [-0.3, -0.25) is 4.79 Å². The third-order valence-corrected chi connectivity index (χ3v) is 2.35. The van der Waals surface area contributed by atoms with Crippen molar-refractivity contribution in [2.75, 3.05) is 0 Å². The molecule has 0 aliphatic rings. The first-order valence-electron chi connectivity index (χ1n) is 5.70. The number of aryl methyl sites for hydroxylation is 1. The third kappa shape index (κ3) is 2.61. The molecule has 0 spiro atoms. The molecular weight excluding hydrogens is 232 g/mol. The van der Waals surface area contributed by atoms with Crippen LogP contribution >= 0.6 is 0 Å². The second kappa shape index (κ2) is 4.32. The zero-order chi connectivity index (χ0) is 13.3. The first kappa shape index (κ1) is 12.4. The molecule has 0 N–H and O–H groups in total. The summed E-state index contributed by atoms with van der Waals surface area (Å²) in [4.78, 5) is 13.1. The molecule has 0 radical (unpaired) electrons. The highest BCUT2D eigenvalue weighted by Crippen LogP contribution is 2.09. The van der Waals surface area contributed by atoms with Crippen LogP contribution in [0.25, 0.3) is 0 Å². The predicted octanol–water partition coefficient (Wildman–Crippen LogP) is 0.342. The van der Waals surface area contributed by atoms with E-state index in [2.05, 4.69) is 20.5 Å². The zero-order valence-corrected chi connectivity index (χ0v) is 11.0. The molecule has 0 fully saturated rings. The maximum Gasteiger partial charge on any atom is 0.267 e. The molecule has 0 aliphatic heterocycles. The molecule has 0 amide bonds. The van der Waals surface area contributed by atoms with Crippen molar-refractivity contribution in [3.8, 4) is 0 Å². The van der Waals surface area contributed by atoms with E-state index in [1.54, 1.807) is 6.07 Å². The summed E-state index contributed by atoms with van der Waals surface area (Å²) in [5.41, 5.74) is 0.376. The van der Waals surface area contributed by atoms with Gasteiger partial charge in [-0.15, -0.1) is 10.2 Å². The largest absolute Gasteiger partial charge is 0.268 e. The highest BCUT2D eigenvalue weighted by Gasteiger charge is 2.17. The van der Waals surface area contributed by atoms with E-state index in [4.69, 9.17) is 0 Å². The van der Waals surface area contributed by atoms with Crippen LogP contribution in [0.1, 0.15) is 32.3 Å². The molecule has 0 atom stereocenters. The Kier molecular flexibility index (Phi) is 2.98. The number of hydrogen-bond donors (Lipinski definition) is 0. The second-order valence-electron chi connectivity index (χ2n) is 5.14. The zero-order valence-electron chi connectivity index (χ0n) is 11.0. The molecule has 96 valence electrons. The molecule has 0 unspecified atom stereocenters. The van der Waals surface area contributed by atoms with Gasteiger partial charge in [-0.25, -0.2) is 4.68 Å². The number of rotatable bonds is 2. The minimum Gasteiger partial charge on any atom is -0.268 e. The fraction of sp³-hybridized carbons (Fsp3) is 0.545. The highest BCUT2D eigenvalue weighted by atomic mass is 16.1. The van der Waals surface area contributed by atoms with Crippen LogP contribution in [0.5, 0.6) is 0 Å². The van der Waals surface area contributed by atoms with E-state index >= 15 is 0 Å². The molecule has 7 nitrogen and oxygen atoms in total. The summed E-state index contributed by atoms with van der Waals surface area (Å²) < 4.78 is 1.33. The van der Waals surface area contributed by atoms with Crippen molar-refractivity contribution in [1.29, 1.82) is 0 Å². The Morgan fingerprint density at radius 3 is 2.56 bits per heavy atom. The van der Waals surface area contributed by atoms with Crippen molar-refractivity contribution in [3.63, 3.8) is 0 Å². The Balaban J connectivity index is 2.27. The SMILES string of the molecule is Cc1ccc(=O)n(Cc2nnn(C(C)(C)C)n2)n1. The van der Waals surface area contributed by atoms with Gasteiger partial charge in [0.15, 0.2) is 5.82 Å². The maximum absolute atomic E-state index is 11.6. The Morgan fingerprint density at radius 2 is 1.94 bits per heavy atom. The lowest BCUT2D eigenvalue weighted by atomic mass is 10.1. The second-order valence-corrected chi connectivity index (χ2v) is 5.14. The lowest BCUT2D eigenvalue weighted by molar-refractivity contribution is 0.305. The summed E-state index contributed by atoms with van der Waals surface area (Å²) in [6.45, 7) is 8.01. The maximum atomic E-state index is 11.6. The van der Waals surface area contributed by atoms with Gasteiger partial charge in [0.05, 0.1) is 11.2 Å². The summed E-state index contributed by atoms with van der Waals surface area (Å²) in [5, 5.41) is 16.3. The first-order valence-corrected chi connectivity index (χ1v) is 5.70. The van der Waals surface area contributed by atoms with Crippen molar-refractivity contribution >= 4 is 0 Å². The summed E-state index contributed by atoms with van der Waals surface area (Å²) in [6, 6.07) is 3.16. The minimum atomic E-state index is -0.226. The monoisotopic (exact) mass is 248 g/mol. The fourth-order valence-corrected chi connectivity index (χ4v) is 1.39. The van der Waals surface area contributed by atoms with E-state index in [1.165, 1.54) is 15.5 Å². The predicted molar refractivity (Wildman–Crippen MR) is 65.1 cm³/mol. The molecule has 18 heavy (non-hydrogen) atoms. The number of hydrogen-bond acceptors (Lipinski definition) is 5. The number of nitrogens with zero attached hydrogens (tertiary/aromatic N) is 6. The Labute approximate surface area is 104 Å². The molecule has 0 saturated carbocycles. The van der Waals surface area contributed by atoms with Gasteiger partial charge in [0.2, 0.25) is 0 Å². The Bertz CT molecular complexity index is 606. The van der Waals surface area contributed by atoms with Gasteiger partial charge in [-0.05, 0) is 39.0 Å². The van der Waals surface area contributed by atoms with Gasteiger partial charge in [-0.2, -0.15) is 9.90 Å². The van der Waals surface area contributed by atoms with Crippen LogP contribution in [0, 0.1) is 6.92 Å². The molecule has 0 aliphatic carbocycles. The average molecular weight is 248 g/mol. The van der Waals surface area contributed by atoms with E-state index < -0.39 is 0 Å². The van der Waals surface area contributed by atoms with Gasteiger partial charge in [0, 0.05) is 6.07 Å². The average Bonchev–Trinajstić information content (AvgIpc) is 2.71. The van der Waals surface area contributed by atoms with Crippen molar-refractivity contribution in [1.82, 2.24) is 30.0 Å². The standard InChI is InChI=1S/C11H16N6O/c1-8-5-6-10(18)16(13-8)7-9-12-15-17(14-9)11(2,3)4/h5-6H,7H2,1-4H3. The third-order valence-electron chi connectivity index (χ3n) is 2.35. The van der Waals surface area contributed by atoms with Crippen LogP contribution in [0.15, 0.2) is 16.9 Å². The van der Waals surface area contributed by atoms with E-state index in [0.29, 0.717) is 5.82 Å². The first-order chi connectivity index (χ1) is 8.36. The smallest absolute Gasteiger partial charge is 0.267 e. The van der Waals surface area contributed by atoms with Crippen LogP contribution in [0.2, 0.25) is 0 Å². The van der Waals surface area contributed by atoms with Gasteiger partial charge >= 0.3 is 0 Å². The van der Waals surface area contributed by atoms with Crippen molar-refractivity contribution < 1.29 is 0 Å². The Hall–Kier alpha value is -2.05. The van der Waals surface area contributed by atoms with E-state index in [0.717, 1.165) is 5.69 Å². The lowest BCUT2D eigenvalue weighted by Crippen LogP contribution is -2.26. The summed E-state index contributed by atoms with van der Waals surface area (Å²) in [5.74, 6) is 0.477. The Morgan fingerprint density at radius 1 is 1.22 bits per heavy atom. The molecular formula is C11H16N6O. The quantitative estimate of drug-likeness (QED) is 0.765. The summed E-state index contributed by atoms with van der Waals surface area (Å²) in [6.07, 6.45) is 0. The molecule has 0 saturated heterocycles. The summed E-state index contributed by atoms with van der Waals surface area (Å²) >= 11 is 0. The van der Waals surface area contributed by atoms with Gasteiger partial charge in [0.1, 0.15) is 6.54 Å².